The lowest BCUT2D eigenvalue weighted by Crippen LogP contribution is -2.17. The molecule has 0 radical (unpaired) electrons. The Hall–Kier alpha value is -3.29. The second-order valence-corrected chi connectivity index (χ2v) is 8.24. The zero-order chi connectivity index (χ0) is 22.9. The fourth-order valence-corrected chi connectivity index (χ4v) is 3.67. The number of hydrogen-bond acceptors (Lipinski definition) is 5. The van der Waals surface area contributed by atoms with Crippen LogP contribution in [0, 0.1) is 0 Å². The molecule has 6 nitrogen and oxygen atoms in total. The minimum Gasteiger partial charge on any atom is -0.465 e. The summed E-state index contributed by atoms with van der Waals surface area (Å²) in [6.45, 7) is 0. The Labute approximate surface area is 195 Å². The second kappa shape index (κ2) is 11.4. The van der Waals surface area contributed by atoms with Gasteiger partial charge in [-0.1, -0.05) is 35.9 Å². The number of carbonyl (C=O) groups is 3. The molecule has 0 aliphatic heterocycles. The SMILES string of the molecule is COC(=O)c1ccccc1NC(=O)CSc1ccc(NC(=O)Cc2ccc(Cl)cc2)cc1. The molecule has 164 valence electrons. The first-order valence-electron chi connectivity index (χ1n) is 9.69. The second-order valence-electron chi connectivity index (χ2n) is 6.75. The Kier molecular flexibility index (Phi) is 8.30. The van der Waals surface area contributed by atoms with Crippen molar-refractivity contribution in [2.75, 3.05) is 23.5 Å². The van der Waals surface area contributed by atoms with Gasteiger partial charge in [-0.05, 0) is 54.1 Å². The molecule has 0 atom stereocenters. The fraction of sp³-hybridized carbons (Fsp3) is 0.125. The third-order valence-corrected chi connectivity index (χ3v) is 5.66. The number of ether oxygens (including phenoxy) is 1. The molecule has 0 heterocycles. The maximum absolute atomic E-state index is 12.3. The van der Waals surface area contributed by atoms with E-state index in [0.29, 0.717) is 22.0 Å². The molecule has 0 aliphatic carbocycles. The van der Waals surface area contributed by atoms with Crippen LogP contribution in [0.1, 0.15) is 15.9 Å². The van der Waals surface area contributed by atoms with Gasteiger partial charge in [0, 0.05) is 15.6 Å². The van der Waals surface area contributed by atoms with E-state index in [-0.39, 0.29) is 24.0 Å². The molecule has 2 N–H and O–H groups in total. The first-order chi connectivity index (χ1) is 15.4. The topological polar surface area (TPSA) is 84.5 Å². The van der Waals surface area contributed by atoms with Crippen molar-refractivity contribution in [2.24, 2.45) is 0 Å². The van der Waals surface area contributed by atoms with Crippen LogP contribution in [0.5, 0.6) is 0 Å². The van der Waals surface area contributed by atoms with Crippen molar-refractivity contribution in [3.05, 3.63) is 88.9 Å². The molecule has 0 bridgehead atoms. The molecule has 0 saturated heterocycles. The van der Waals surface area contributed by atoms with E-state index in [1.807, 2.05) is 24.3 Å². The van der Waals surface area contributed by atoms with E-state index in [1.165, 1.54) is 18.9 Å². The molecule has 2 amide bonds. The average molecular weight is 469 g/mol. The van der Waals surface area contributed by atoms with Crippen molar-refractivity contribution in [1.29, 1.82) is 0 Å². The fourth-order valence-electron chi connectivity index (χ4n) is 2.84. The molecule has 8 heteroatoms. The number of carbonyl (C=O) groups excluding carboxylic acids is 3. The van der Waals surface area contributed by atoms with Crippen molar-refractivity contribution in [3.63, 3.8) is 0 Å². The number of esters is 1. The van der Waals surface area contributed by atoms with Crippen LogP contribution in [-0.4, -0.2) is 30.6 Å². The lowest BCUT2D eigenvalue weighted by atomic mass is 10.1. The van der Waals surface area contributed by atoms with Crippen LogP contribution in [0.3, 0.4) is 0 Å². The molecule has 3 rings (SSSR count). The third kappa shape index (κ3) is 6.87. The van der Waals surface area contributed by atoms with Gasteiger partial charge in [0.05, 0.1) is 30.5 Å². The van der Waals surface area contributed by atoms with Crippen LogP contribution in [-0.2, 0) is 20.7 Å². The number of hydrogen-bond donors (Lipinski definition) is 2. The standard InChI is InChI=1S/C24H21ClN2O4S/c1-31-24(30)20-4-2-3-5-21(20)27-23(29)15-32-19-12-10-18(11-13-19)26-22(28)14-16-6-8-17(25)9-7-16/h2-13H,14-15H2,1H3,(H,26,28)(H,27,29). The first kappa shape index (κ1) is 23.4. The third-order valence-electron chi connectivity index (χ3n) is 4.39. The summed E-state index contributed by atoms with van der Waals surface area (Å²) in [5.74, 6) is -0.719. The van der Waals surface area contributed by atoms with Gasteiger partial charge in [0.2, 0.25) is 11.8 Å². The lowest BCUT2D eigenvalue weighted by Gasteiger charge is -2.10. The minimum absolute atomic E-state index is 0.128. The van der Waals surface area contributed by atoms with Crippen LogP contribution in [0.25, 0.3) is 0 Å². The average Bonchev–Trinajstić information content (AvgIpc) is 2.80. The Bertz CT molecular complexity index is 1100. The van der Waals surface area contributed by atoms with E-state index in [0.717, 1.165) is 10.5 Å². The smallest absolute Gasteiger partial charge is 0.339 e. The van der Waals surface area contributed by atoms with Crippen LogP contribution >= 0.6 is 23.4 Å². The number of anilines is 2. The number of thioether (sulfide) groups is 1. The molecule has 0 unspecified atom stereocenters. The summed E-state index contributed by atoms with van der Waals surface area (Å²) >= 11 is 7.20. The Morgan fingerprint density at radius 2 is 1.56 bits per heavy atom. The van der Waals surface area contributed by atoms with Crippen LogP contribution in [0.2, 0.25) is 5.02 Å². The monoisotopic (exact) mass is 468 g/mol. The van der Waals surface area contributed by atoms with Gasteiger partial charge in [0.1, 0.15) is 0 Å². The van der Waals surface area contributed by atoms with Gasteiger partial charge < -0.3 is 15.4 Å². The summed E-state index contributed by atoms with van der Waals surface area (Å²) in [5, 5.41) is 6.21. The van der Waals surface area contributed by atoms with Gasteiger partial charge in [-0.3, -0.25) is 9.59 Å². The molecule has 0 fully saturated rings. The Balaban J connectivity index is 1.49. The van der Waals surface area contributed by atoms with Crippen LogP contribution < -0.4 is 10.6 Å². The van der Waals surface area contributed by atoms with Crippen molar-refractivity contribution in [1.82, 2.24) is 0 Å². The largest absolute Gasteiger partial charge is 0.465 e. The molecule has 0 aliphatic rings. The normalized spacial score (nSPS) is 10.3. The number of halogens is 1. The summed E-state index contributed by atoms with van der Waals surface area (Å²) in [6.07, 6.45) is 0.251. The Morgan fingerprint density at radius 1 is 0.875 bits per heavy atom. The van der Waals surface area contributed by atoms with Crippen molar-refractivity contribution < 1.29 is 19.1 Å². The van der Waals surface area contributed by atoms with Gasteiger partial charge in [0.25, 0.3) is 0 Å². The number of nitrogens with one attached hydrogen (secondary N) is 2. The van der Waals surface area contributed by atoms with Gasteiger partial charge in [0.15, 0.2) is 0 Å². The molecular formula is C24H21ClN2O4S. The predicted octanol–water partition coefficient (Wildman–Crippen LogP) is 5.04. The van der Waals surface area contributed by atoms with Gasteiger partial charge in [-0.2, -0.15) is 0 Å². The highest BCUT2D eigenvalue weighted by Gasteiger charge is 2.13. The lowest BCUT2D eigenvalue weighted by molar-refractivity contribution is -0.115. The molecule has 32 heavy (non-hydrogen) atoms. The van der Waals surface area contributed by atoms with Gasteiger partial charge >= 0.3 is 5.97 Å². The molecule has 0 aromatic heterocycles. The number of methoxy groups -OCH3 is 1. The van der Waals surface area contributed by atoms with E-state index in [1.54, 1.807) is 48.5 Å². The Morgan fingerprint density at radius 3 is 2.25 bits per heavy atom. The predicted molar refractivity (Wildman–Crippen MR) is 127 cm³/mol. The van der Waals surface area contributed by atoms with Crippen LogP contribution in [0.15, 0.2) is 77.7 Å². The number of amides is 2. The molecule has 0 saturated carbocycles. The maximum Gasteiger partial charge on any atom is 0.339 e. The summed E-state index contributed by atoms with van der Waals surface area (Å²) < 4.78 is 4.73. The number of benzene rings is 3. The molecule has 3 aromatic carbocycles. The first-order valence-corrected chi connectivity index (χ1v) is 11.1. The van der Waals surface area contributed by atoms with E-state index in [4.69, 9.17) is 16.3 Å². The zero-order valence-corrected chi connectivity index (χ0v) is 18.8. The van der Waals surface area contributed by atoms with Crippen molar-refractivity contribution in [3.8, 4) is 0 Å². The quantitative estimate of drug-likeness (QED) is 0.357. The van der Waals surface area contributed by atoms with Gasteiger partial charge in [-0.25, -0.2) is 4.79 Å². The van der Waals surface area contributed by atoms with Crippen molar-refractivity contribution in [2.45, 2.75) is 11.3 Å². The summed E-state index contributed by atoms with van der Waals surface area (Å²) in [4.78, 5) is 37.2. The van der Waals surface area contributed by atoms with Crippen LogP contribution in [0.4, 0.5) is 11.4 Å². The maximum atomic E-state index is 12.3. The molecule has 0 spiro atoms. The molecule has 3 aromatic rings. The van der Waals surface area contributed by atoms with E-state index in [2.05, 4.69) is 10.6 Å². The van der Waals surface area contributed by atoms with E-state index < -0.39 is 5.97 Å². The highest BCUT2D eigenvalue weighted by Crippen LogP contribution is 2.22. The highest BCUT2D eigenvalue weighted by molar-refractivity contribution is 8.00. The summed E-state index contributed by atoms with van der Waals surface area (Å²) in [7, 11) is 1.29. The number of rotatable bonds is 8. The van der Waals surface area contributed by atoms with E-state index >= 15 is 0 Å². The van der Waals surface area contributed by atoms with Crippen molar-refractivity contribution >= 4 is 52.5 Å². The highest BCUT2D eigenvalue weighted by atomic mass is 35.5. The molecular weight excluding hydrogens is 448 g/mol. The zero-order valence-electron chi connectivity index (χ0n) is 17.3. The van der Waals surface area contributed by atoms with Gasteiger partial charge in [-0.15, -0.1) is 11.8 Å². The minimum atomic E-state index is -0.512. The summed E-state index contributed by atoms with van der Waals surface area (Å²) in [5.41, 5.74) is 2.25. The van der Waals surface area contributed by atoms with E-state index in [9.17, 15) is 14.4 Å². The number of para-hydroxylation sites is 1. The summed E-state index contributed by atoms with van der Waals surface area (Å²) in [6, 6.07) is 21.0.